The van der Waals surface area contributed by atoms with E-state index in [1.54, 1.807) is 0 Å². The molecule has 2 nitrogen and oxygen atoms in total. The van der Waals surface area contributed by atoms with E-state index in [1.165, 1.54) is 173 Å². The number of para-hydroxylation sites is 2. The quantitative estimate of drug-likeness (QED) is 0.0379. The van der Waals surface area contributed by atoms with E-state index in [1.807, 2.05) is 22.7 Å². The van der Waals surface area contributed by atoms with Crippen molar-refractivity contribution in [1.29, 1.82) is 0 Å². The van der Waals surface area contributed by atoms with Crippen molar-refractivity contribution in [3.05, 3.63) is 508 Å². The minimum atomic E-state index is -1.51. The standard InChI is InChI=1S/C70H62N2Si2.C60H40S2/c1-73(2,3)63-42-38-59(39-43-63)71(57-27-12-8-13-28-57)61-31-19-25-55(48-61)69-65-33-16-17-34-66(65)70(68-50-54(37-46-67(68)69)53-24-18-23-52(47-53)36-35-51-21-10-7-11-22-51)56-26-20-32-62(49-56)72(58-29-14-9-15-30-58)60-40-44-64(45-41-60)74(4,5)6;1-4-15-41(16-5-1)29-30-42-17-12-22-45(37-42)46-31-32-53-54(40-46)60(50-26-14-24-48(39-50)58-36-34-56(62-58)44-20-8-3-9-21-44)52-28-11-10-27-51(52)59(53)49-25-13-23-47(38-49)57-35-33-55(61-57)43-18-6-2-7-19-43/h7-50H,1-6H3;1-40H/b36-35+;30-29-. The topological polar surface area (TPSA) is 6.48 Å². The molecule has 20 aromatic carbocycles. The number of hydrogen-bond donors (Lipinski definition) is 0. The van der Waals surface area contributed by atoms with Crippen molar-refractivity contribution >= 4 is 151 Å². The maximum atomic E-state index is 2.44. The van der Waals surface area contributed by atoms with Crippen LogP contribution in [0.2, 0.25) is 39.3 Å². The lowest BCUT2D eigenvalue weighted by molar-refractivity contribution is 1.28. The van der Waals surface area contributed by atoms with Gasteiger partial charge >= 0.3 is 0 Å². The van der Waals surface area contributed by atoms with Crippen molar-refractivity contribution in [2.75, 3.05) is 9.80 Å². The second kappa shape index (κ2) is 38.5. The first-order chi connectivity index (χ1) is 66.7. The summed E-state index contributed by atoms with van der Waals surface area (Å²) in [6, 6.07) is 178. The van der Waals surface area contributed by atoms with Gasteiger partial charge in [0.2, 0.25) is 0 Å². The summed E-state index contributed by atoms with van der Waals surface area (Å²) in [4.78, 5) is 9.88. The van der Waals surface area contributed by atoms with E-state index < -0.39 is 16.1 Å². The smallest absolute Gasteiger partial charge is 0.0775 e. The summed E-state index contributed by atoms with van der Waals surface area (Å²) in [7, 11) is -3.01. The molecular weight excluding hydrogens is 1710 g/mol. The van der Waals surface area contributed by atoms with Gasteiger partial charge in [0.25, 0.3) is 0 Å². The van der Waals surface area contributed by atoms with E-state index >= 15 is 0 Å². The molecule has 0 aliphatic carbocycles. The van der Waals surface area contributed by atoms with Crippen LogP contribution in [0.3, 0.4) is 0 Å². The third-order valence-electron chi connectivity index (χ3n) is 26.0. The van der Waals surface area contributed by atoms with Gasteiger partial charge in [0.15, 0.2) is 0 Å². The van der Waals surface area contributed by atoms with Crippen molar-refractivity contribution in [1.82, 2.24) is 0 Å². The number of nitrogens with zero attached hydrogens (tertiary/aromatic N) is 2. The van der Waals surface area contributed by atoms with E-state index in [-0.39, 0.29) is 0 Å². The second-order valence-corrected chi connectivity index (χ2v) is 49.4. The Balaban J connectivity index is 0.000000165. The van der Waals surface area contributed by atoms with Gasteiger partial charge in [-0.2, -0.15) is 0 Å². The molecular formula is C130H102N2S2Si2. The molecule has 22 aromatic rings. The Morgan fingerprint density at radius 1 is 0.162 bits per heavy atom. The summed E-state index contributed by atoms with van der Waals surface area (Å²) in [5, 5.41) is 12.7. The first-order valence-electron chi connectivity index (χ1n) is 47.0. The summed E-state index contributed by atoms with van der Waals surface area (Å²) >= 11 is 3.70. The molecule has 0 atom stereocenters. The van der Waals surface area contributed by atoms with E-state index in [4.69, 9.17) is 0 Å². The highest BCUT2D eigenvalue weighted by atomic mass is 32.1. The van der Waals surface area contributed by atoms with Crippen molar-refractivity contribution in [2.45, 2.75) is 39.3 Å². The van der Waals surface area contributed by atoms with Crippen LogP contribution in [0.5, 0.6) is 0 Å². The number of anilines is 6. The average Bonchev–Trinajstić information content (AvgIpc) is 0.917. The van der Waals surface area contributed by atoms with Crippen LogP contribution in [-0.4, -0.2) is 16.1 Å². The van der Waals surface area contributed by atoms with Gasteiger partial charge in [0.1, 0.15) is 0 Å². The van der Waals surface area contributed by atoms with Crippen LogP contribution in [0.15, 0.2) is 485 Å². The molecule has 2 heterocycles. The Hall–Kier alpha value is -15.6. The number of benzene rings is 20. The van der Waals surface area contributed by atoms with Gasteiger partial charge in [-0.15, -0.1) is 22.7 Å². The lowest BCUT2D eigenvalue weighted by Crippen LogP contribution is -2.37. The summed E-state index contributed by atoms with van der Waals surface area (Å²) in [6.07, 6.45) is 8.80. The monoisotopic (exact) mass is 1810 g/mol. The largest absolute Gasteiger partial charge is 0.310 e. The highest BCUT2D eigenvalue weighted by molar-refractivity contribution is 7.19. The summed E-state index contributed by atoms with van der Waals surface area (Å²) in [5.41, 5.74) is 30.8. The first kappa shape index (κ1) is 87.0. The van der Waals surface area contributed by atoms with E-state index in [2.05, 4.69) is 559 Å². The van der Waals surface area contributed by atoms with Crippen LogP contribution in [0, 0.1) is 0 Å². The van der Waals surface area contributed by atoms with Crippen LogP contribution in [0.25, 0.3) is 176 Å². The van der Waals surface area contributed by atoms with Crippen molar-refractivity contribution in [2.24, 2.45) is 0 Å². The third kappa shape index (κ3) is 18.6. The summed E-state index contributed by atoms with van der Waals surface area (Å²) in [5.74, 6) is 0. The zero-order valence-corrected chi connectivity index (χ0v) is 80.8. The summed E-state index contributed by atoms with van der Waals surface area (Å²) in [6.45, 7) is 14.5. The molecule has 0 spiro atoms. The van der Waals surface area contributed by atoms with Crippen LogP contribution in [-0.2, 0) is 0 Å². The maximum absolute atomic E-state index is 2.44. The number of hydrogen-bond acceptors (Lipinski definition) is 4. The maximum Gasteiger partial charge on any atom is 0.0775 e. The molecule has 0 aliphatic heterocycles. The van der Waals surface area contributed by atoms with Crippen molar-refractivity contribution < 1.29 is 0 Å². The zero-order valence-electron chi connectivity index (χ0n) is 77.2. The number of thiophene rings is 2. The molecule has 0 bridgehead atoms. The molecule has 0 N–H and O–H groups in total. The zero-order chi connectivity index (χ0) is 92.1. The van der Waals surface area contributed by atoms with Gasteiger partial charge in [-0.1, -0.05) is 426 Å². The molecule has 652 valence electrons. The molecule has 136 heavy (non-hydrogen) atoms. The van der Waals surface area contributed by atoms with E-state index in [0.29, 0.717) is 0 Å². The van der Waals surface area contributed by atoms with Crippen LogP contribution in [0.1, 0.15) is 22.3 Å². The second-order valence-electron chi connectivity index (χ2n) is 37.1. The highest BCUT2D eigenvalue weighted by Crippen LogP contribution is 2.51. The lowest BCUT2D eigenvalue weighted by atomic mass is 9.84. The molecule has 0 saturated heterocycles. The predicted octanol–water partition coefficient (Wildman–Crippen LogP) is 37.1. The van der Waals surface area contributed by atoms with E-state index in [9.17, 15) is 0 Å². The average molecular weight is 1810 g/mol. The molecule has 0 aliphatic rings. The van der Waals surface area contributed by atoms with Crippen LogP contribution >= 0.6 is 22.7 Å². The molecule has 0 fully saturated rings. The molecule has 2 aromatic heterocycles. The fourth-order valence-electron chi connectivity index (χ4n) is 19.1. The Labute approximate surface area is 809 Å². The minimum Gasteiger partial charge on any atom is -0.310 e. The van der Waals surface area contributed by atoms with Gasteiger partial charge < -0.3 is 9.80 Å². The minimum absolute atomic E-state index is 1.11. The Morgan fingerprint density at radius 3 is 0.765 bits per heavy atom. The summed E-state index contributed by atoms with van der Waals surface area (Å²) < 4.78 is 0. The molecule has 22 rings (SSSR count). The Kier molecular flexibility index (Phi) is 24.6. The van der Waals surface area contributed by atoms with Crippen molar-refractivity contribution in [3.8, 4) is 109 Å². The number of rotatable bonds is 22. The van der Waals surface area contributed by atoms with E-state index in [0.717, 1.165) is 45.3 Å². The molecule has 0 unspecified atom stereocenters. The molecule has 0 amide bonds. The van der Waals surface area contributed by atoms with Crippen molar-refractivity contribution in [3.63, 3.8) is 0 Å². The fraction of sp³-hybridized carbons (Fsp3) is 0.0462. The fourth-order valence-corrected chi connectivity index (χ4v) is 23.5. The van der Waals surface area contributed by atoms with Gasteiger partial charge in [-0.3, -0.25) is 0 Å². The lowest BCUT2D eigenvalue weighted by Gasteiger charge is -2.28. The molecule has 6 heteroatoms. The van der Waals surface area contributed by atoms with Gasteiger partial charge in [0, 0.05) is 53.6 Å². The van der Waals surface area contributed by atoms with Crippen LogP contribution in [0.4, 0.5) is 34.1 Å². The predicted molar refractivity (Wildman–Crippen MR) is 599 cm³/mol. The van der Waals surface area contributed by atoms with Gasteiger partial charge in [-0.25, -0.2) is 0 Å². The Bertz CT molecular complexity index is 8130. The Morgan fingerprint density at radius 2 is 0.404 bits per heavy atom. The van der Waals surface area contributed by atoms with Gasteiger partial charge in [-0.05, 0) is 288 Å². The number of fused-ring (bicyclic) bond motifs is 4. The first-order valence-corrected chi connectivity index (χ1v) is 55.6. The van der Waals surface area contributed by atoms with Crippen LogP contribution < -0.4 is 20.2 Å². The molecule has 0 saturated carbocycles. The highest BCUT2D eigenvalue weighted by Gasteiger charge is 2.26. The van der Waals surface area contributed by atoms with Gasteiger partial charge in [0.05, 0.1) is 16.1 Å². The normalized spacial score (nSPS) is 11.7. The SMILES string of the molecule is C(=C/c1cccc(-c2ccc3c(-c4cccc(-c5ccc(-c6ccccc6)s5)c4)c4ccccc4c(-c4cccc(-c5ccc(-c6ccccc6)s5)c4)c3c2)c1)/c1ccccc1.C[Si](C)(C)c1ccc(N(c2ccccc2)c2cccc(-c3c4ccccc4c(-c4cccc(N(c5ccccc5)c5ccc([Si](C)(C)C)cc5)c4)c4cc(-c5cccc(/C=C/c6ccccc6)c5)ccc34)c2)cc1. The third-order valence-corrected chi connectivity index (χ3v) is 32.5. The molecule has 0 radical (unpaired) electrons.